The van der Waals surface area contributed by atoms with E-state index >= 15 is 0 Å². The zero-order valence-corrected chi connectivity index (χ0v) is 29.4. The Hall–Kier alpha value is -6.76. The number of hydrogen-bond acceptors (Lipinski definition) is 0. The molecule has 0 saturated carbocycles. The van der Waals surface area contributed by atoms with Gasteiger partial charge in [0.05, 0.1) is 0 Å². The molecule has 54 heavy (non-hydrogen) atoms. The van der Waals surface area contributed by atoms with Crippen molar-refractivity contribution in [1.29, 1.82) is 0 Å². The summed E-state index contributed by atoms with van der Waals surface area (Å²) in [5.74, 6) is 0. The Morgan fingerprint density at radius 2 is 0.611 bits per heavy atom. The maximum absolute atomic E-state index is 2.46. The van der Waals surface area contributed by atoms with Crippen molar-refractivity contribution in [2.75, 3.05) is 0 Å². The first-order valence-electron chi connectivity index (χ1n) is 19.3. The molecule has 0 radical (unpaired) electrons. The molecule has 0 nitrogen and oxygen atoms in total. The van der Waals surface area contributed by atoms with E-state index in [-0.39, 0.29) is 0 Å². The molecule has 0 aliphatic heterocycles. The normalized spacial score (nSPS) is 13.4. The van der Waals surface area contributed by atoms with Crippen LogP contribution < -0.4 is 0 Å². The van der Waals surface area contributed by atoms with Crippen LogP contribution in [0, 0.1) is 0 Å². The van der Waals surface area contributed by atoms with Gasteiger partial charge in [-0.15, -0.1) is 0 Å². The summed E-state index contributed by atoms with van der Waals surface area (Å²) < 4.78 is 0. The average molecular weight is 679 g/mol. The summed E-state index contributed by atoms with van der Waals surface area (Å²) in [5, 5.41) is 21.5. The van der Waals surface area contributed by atoms with E-state index in [2.05, 4.69) is 158 Å². The van der Waals surface area contributed by atoms with E-state index in [9.17, 15) is 0 Å². The molecule has 0 fully saturated rings. The van der Waals surface area contributed by atoms with Crippen molar-refractivity contribution in [3.63, 3.8) is 0 Å². The Balaban J connectivity index is 1.21. The highest BCUT2D eigenvalue weighted by Crippen LogP contribution is 2.60. The van der Waals surface area contributed by atoms with E-state index in [1.54, 1.807) is 0 Å². The molecule has 2 aliphatic rings. The minimum Gasteiger partial charge on any atom is -0.0616 e. The molecule has 14 rings (SSSR count). The van der Waals surface area contributed by atoms with E-state index in [0.717, 1.165) is 12.8 Å². The summed E-state index contributed by atoms with van der Waals surface area (Å²) in [4.78, 5) is 0. The fourth-order valence-electron chi connectivity index (χ4n) is 11.2. The second kappa shape index (κ2) is 9.61. The maximum atomic E-state index is 2.46. The Morgan fingerprint density at radius 1 is 0.222 bits per heavy atom. The predicted octanol–water partition coefficient (Wildman–Crippen LogP) is 14.9. The number of benzene rings is 12. The van der Waals surface area contributed by atoms with E-state index in [1.807, 2.05) is 0 Å². The second-order valence-electron chi connectivity index (χ2n) is 15.8. The van der Waals surface area contributed by atoms with E-state index in [4.69, 9.17) is 0 Å². The van der Waals surface area contributed by atoms with Crippen LogP contribution in [0.15, 0.2) is 158 Å². The zero-order chi connectivity index (χ0) is 34.8. The second-order valence-corrected chi connectivity index (χ2v) is 15.8. The molecule has 0 aromatic heterocycles. The molecule has 0 heteroatoms. The van der Waals surface area contributed by atoms with Crippen LogP contribution in [0.4, 0.5) is 0 Å². The first-order chi connectivity index (χ1) is 26.8. The van der Waals surface area contributed by atoms with Crippen LogP contribution in [0.2, 0.25) is 0 Å². The third-order valence-corrected chi connectivity index (χ3v) is 13.3. The van der Waals surface area contributed by atoms with Crippen molar-refractivity contribution >= 4 is 86.2 Å². The van der Waals surface area contributed by atoms with Gasteiger partial charge in [0.1, 0.15) is 0 Å². The molecule has 2 aliphatic carbocycles. The lowest BCUT2D eigenvalue weighted by molar-refractivity contribution is 1.02. The van der Waals surface area contributed by atoms with Crippen LogP contribution in [0.1, 0.15) is 11.1 Å². The molecule has 0 saturated heterocycles. The third-order valence-electron chi connectivity index (χ3n) is 13.3. The monoisotopic (exact) mass is 678 g/mol. The summed E-state index contributed by atoms with van der Waals surface area (Å²) in [6, 6.07) is 60.7. The van der Waals surface area contributed by atoms with Gasteiger partial charge in [0.2, 0.25) is 0 Å². The number of hydrogen-bond donors (Lipinski definition) is 0. The first-order valence-corrected chi connectivity index (χ1v) is 19.3. The predicted molar refractivity (Wildman–Crippen MR) is 232 cm³/mol. The van der Waals surface area contributed by atoms with Gasteiger partial charge in [0, 0.05) is 0 Å². The van der Waals surface area contributed by atoms with Crippen LogP contribution in [0.5, 0.6) is 0 Å². The molecule has 0 atom stereocenters. The van der Waals surface area contributed by atoms with Gasteiger partial charge in [-0.2, -0.15) is 0 Å². The molecule has 0 amide bonds. The van der Waals surface area contributed by atoms with E-state index < -0.39 is 0 Å². The van der Waals surface area contributed by atoms with Gasteiger partial charge >= 0.3 is 0 Å². The lowest BCUT2D eigenvalue weighted by atomic mass is 9.79. The van der Waals surface area contributed by atoms with Crippen LogP contribution in [0.25, 0.3) is 131 Å². The van der Waals surface area contributed by atoms with Crippen LogP contribution in [0.3, 0.4) is 0 Å². The van der Waals surface area contributed by atoms with Gasteiger partial charge in [-0.3, -0.25) is 0 Å². The summed E-state index contributed by atoms with van der Waals surface area (Å²) >= 11 is 0. The van der Waals surface area contributed by atoms with Gasteiger partial charge in [-0.05, 0) is 155 Å². The van der Waals surface area contributed by atoms with Crippen molar-refractivity contribution in [2.45, 2.75) is 12.8 Å². The minimum absolute atomic E-state index is 1.12. The number of fused-ring (bicyclic) bond motifs is 4. The third kappa shape index (κ3) is 3.24. The molecular weight excluding hydrogens is 649 g/mol. The molecule has 0 heterocycles. The molecular formula is C54H30. The fourth-order valence-corrected chi connectivity index (χ4v) is 11.2. The van der Waals surface area contributed by atoms with Gasteiger partial charge in [0.25, 0.3) is 0 Å². The molecule has 0 bridgehead atoms. The van der Waals surface area contributed by atoms with E-state index in [1.165, 1.54) is 142 Å². The Labute approximate surface area is 311 Å². The molecule has 0 N–H and O–H groups in total. The smallest absolute Gasteiger partial charge is 0.000718 e. The van der Waals surface area contributed by atoms with Crippen molar-refractivity contribution < 1.29 is 0 Å². The van der Waals surface area contributed by atoms with Crippen LogP contribution in [-0.2, 0) is 12.8 Å². The maximum Gasteiger partial charge on any atom is -0.000718 e. The average Bonchev–Trinajstić information content (AvgIpc) is 3.80. The fraction of sp³-hybridized carbons (Fsp3) is 0.0370. The largest absolute Gasteiger partial charge is 0.0616 e. The van der Waals surface area contributed by atoms with Gasteiger partial charge < -0.3 is 0 Å². The Kier molecular flexibility index (Phi) is 4.95. The highest BCUT2D eigenvalue weighted by molar-refractivity contribution is 6.34. The van der Waals surface area contributed by atoms with Gasteiger partial charge in [-0.25, -0.2) is 0 Å². The number of aryl methyl sites for hydroxylation is 2. The summed E-state index contributed by atoms with van der Waals surface area (Å²) in [6.07, 6.45) is 2.25. The summed E-state index contributed by atoms with van der Waals surface area (Å²) in [7, 11) is 0. The molecule has 246 valence electrons. The van der Waals surface area contributed by atoms with Gasteiger partial charge in [0.15, 0.2) is 0 Å². The van der Waals surface area contributed by atoms with Crippen molar-refractivity contribution in [1.82, 2.24) is 0 Å². The lowest BCUT2D eigenvalue weighted by Gasteiger charge is -2.23. The highest BCUT2D eigenvalue weighted by Gasteiger charge is 2.34. The van der Waals surface area contributed by atoms with Crippen molar-refractivity contribution in [3.8, 4) is 44.5 Å². The topological polar surface area (TPSA) is 0 Å². The summed E-state index contributed by atoms with van der Waals surface area (Å²) in [5.41, 5.74) is 13.9. The summed E-state index contributed by atoms with van der Waals surface area (Å²) in [6.45, 7) is 0. The standard InChI is InChI=1S/C54H30/c1-2-10-38-37(9-1)50(41-25-19-35-15-11-29-5-3-7-31-17-23-39(41)48(35)45(29)31)53-43-27-21-33-13-14-34-22-28-44(52(43)47(33)34)54(53)51(38)42-26-20-36-16-12-30-6-4-8-32-18-24-40(42)49(36)46(30)32/h1-12,15-28H,13-14H2. The minimum atomic E-state index is 1.12. The van der Waals surface area contributed by atoms with Crippen molar-refractivity contribution in [3.05, 3.63) is 169 Å². The zero-order valence-electron chi connectivity index (χ0n) is 29.4. The van der Waals surface area contributed by atoms with Crippen LogP contribution >= 0.6 is 0 Å². The Morgan fingerprint density at radius 3 is 1.07 bits per heavy atom. The molecule has 0 unspecified atom stereocenters. The number of rotatable bonds is 2. The first kappa shape index (κ1) is 27.8. The van der Waals surface area contributed by atoms with Crippen molar-refractivity contribution in [2.24, 2.45) is 0 Å². The quantitative estimate of drug-likeness (QED) is 0.160. The molecule has 12 aromatic carbocycles. The SMILES string of the molecule is c1cc2ccc3ccc(-c4c5c(c(-c6ccc7ccc8cccc9ccc6c7c89)c6ccccc46)-c4ccc6c7c(ccc-5c47)CC6)c4ccc(c1)c2c34. The van der Waals surface area contributed by atoms with E-state index in [0.29, 0.717) is 0 Å². The molecule has 0 spiro atoms. The van der Waals surface area contributed by atoms with Crippen LogP contribution in [-0.4, -0.2) is 0 Å². The van der Waals surface area contributed by atoms with Gasteiger partial charge in [-0.1, -0.05) is 158 Å². The lowest BCUT2D eigenvalue weighted by Crippen LogP contribution is -1.96. The molecule has 12 aromatic rings. The Bertz CT molecular complexity index is 3390. The highest BCUT2D eigenvalue weighted by atomic mass is 14.4.